The predicted molar refractivity (Wildman–Crippen MR) is 80.1 cm³/mol. The quantitative estimate of drug-likeness (QED) is 0.784. The lowest BCUT2D eigenvalue weighted by Crippen LogP contribution is -2.41. The summed E-state index contributed by atoms with van der Waals surface area (Å²) in [5.74, 6) is 0. The van der Waals surface area contributed by atoms with E-state index in [-0.39, 0.29) is 0 Å². The summed E-state index contributed by atoms with van der Waals surface area (Å²) < 4.78 is 6.10. The van der Waals surface area contributed by atoms with Crippen LogP contribution >= 0.6 is 0 Å². The van der Waals surface area contributed by atoms with E-state index in [1.807, 2.05) is 6.26 Å². The van der Waals surface area contributed by atoms with E-state index < -0.39 is 5.72 Å². The summed E-state index contributed by atoms with van der Waals surface area (Å²) in [6.07, 6.45) is 3.89. The van der Waals surface area contributed by atoms with E-state index in [9.17, 15) is 0 Å². The van der Waals surface area contributed by atoms with Crippen LogP contribution in [0.5, 0.6) is 0 Å². The highest BCUT2D eigenvalue weighted by Crippen LogP contribution is 2.43. The van der Waals surface area contributed by atoms with Crippen molar-refractivity contribution >= 4 is 6.08 Å². The fraction of sp³-hybridized carbons (Fsp3) is 0.222. The lowest BCUT2D eigenvalue weighted by molar-refractivity contribution is 0.0316. The fourth-order valence-electron chi connectivity index (χ4n) is 3.44. The minimum Gasteiger partial charge on any atom is -0.472 e. The molecule has 2 nitrogen and oxygen atoms in total. The summed E-state index contributed by atoms with van der Waals surface area (Å²) in [6.45, 7) is 5.15. The van der Waals surface area contributed by atoms with Crippen molar-refractivity contribution in [2.24, 2.45) is 0 Å². The molecular formula is C18H17NO. The Morgan fingerprint density at radius 2 is 1.95 bits per heavy atom. The van der Waals surface area contributed by atoms with Crippen molar-refractivity contribution in [1.29, 1.82) is 0 Å². The third kappa shape index (κ3) is 1.43. The number of nitrogens with one attached hydrogen (secondary N) is 1. The van der Waals surface area contributed by atoms with Gasteiger partial charge in [0.1, 0.15) is 0 Å². The van der Waals surface area contributed by atoms with Crippen LogP contribution in [0.2, 0.25) is 0 Å². The Hall–Kier alpha value is -2.06. The highest BCUT2D eigenvalue weighted by Gasteiger charge is 2.44. The maximum absolute atomic E-state index is 6.10. The van der Waals surface area contributed by atoms with Gasteiger partial charge in [-0.25, -0.2) is 0 Å². The van der Waals surface area contributed by atoms with E-state index in [0.29, 0.717) is 0 Å². The van der Waals surface area contributed by atoms with E-state index in [1.165, 1.54) is 33.4 Å². The smallest absolute Gasteiger partial charge is 0.213 e. The summed E-state index contributed by atoms with van der Waals surface area (Å²) in [6, 6.07) is 13.0. The first-order chi connectivity index (χ1) is 9.71. The second-order valence-corrected chi connectivity index (χ2v) is 5.66. The molecule has 1 atom stereocenters. The number of hydrogen-bond donors (Lipinski definition) is 1. The third-order valence-electron chi connectivity index (χ3n) is 4.31. The van der Waals surface area contributed by atoms with Crippen molar-refractivity contribution in [3.8, 4) is 0 Å². The van der Waals surface area contributed by atoms with E-state index in [2.05, 4.69) is 61.6 Å². The van der Waals surface area contributed by atoms with Gasteiger partial charge < -0.3 is 4.74 Å². The molecule has 2 aliphatic rings. The van der Waals surface area contributed by atoms with E-state index in [4.69, 9.17) is 4.74 Å². The normalized spacial score (nSPS) is 22.5. The molecule has 0 amide bonds. The zero-order valence-electron chi connectivity index (χ0n) is 11.7. The van der Waals surface area contributed by atoms with Gasteiger partial charge >= 0.3 is 0 Å². The van der Waals surface area contributed by atoms with Crippen LogP contribution in [0.15, 0.2) is 42.7 Å². The molecule has 2 aromatic carbocycles. The Morgan fingerprint density at radius 3 is 2.85 bits per heavy atom. The largest absolute Gasteiger partial charge is 0.472 e. The lowest BCUT2D eigenvalue weighted by atomic mass is 9.86. The van der Waals surface area contributed by atoms with E-state index in [0.717, 1.165) is 6.54 Å². The first kappa shape index (κ1) is 11.7. The zero-order chi connectivity index (χ0) is 13.7. The van der Waals surface area contributed by atoms with Gasteiger partial charge in [0.2, 0.25) is 5.72 Å². The summed E-state index contributed by atoms with van der Waals surface area (Å²) in [5, 5.41) is 3.57. The Kier molecular flexibility index (Phi) is 2.33. The molecule has 0 bridgehead atoms. The van der Waals surface area contributed by atoms with Crippen molar-refractivity contribution in [2.45, 2.75) is 26.1 Å². The van der Waals surface area contributed by atoms with Gasteiger partial charge in [0.15, 0.2) is 0 Å². The summed E-state index contributed by atoms with van der Waals surface area (Å²) >= 11 is 0. The lowest BCUT2D eigenvalue weighted by Gasteiger charge is -2.35. The Labute approximate surface area is 119 Å². The Bertz CT molecular complexity index is 732. The molecule has 0 aromatic heterocycles. The minimum absolute atomic E-state index is 0.516. The molecule has 0 saturated carbocycles. The molecule has 100 valence electrons. The van der Waals surface area contributed by atoms with Crippen molar-refractivity contribution in [2.75, 3.05) is 0 Å². The molecule has 4 rings (SSSR count). The maximum Gasteiger partial charge on any atom is 0.213 e. The first-order valence-corrected chi connectivity index (χ1v) is 7.00. The van der Waals surface area contributed by atoms with Gasteiger partial charge in [-0.3, -0.25) is 5.32 Å². The molecule has 1 unspecified atom stereocenters. The fourth-order valence-corrected chi connectivity index (χ4v) is 3.44. The highest BCUT2D eigenvalue weighted by atomic mass is 16.5. The van der Waals surface area contributed by atoms with Crippen LogP contribution in [-0.2, 0) is 17.0 Å². The molecule has 1 N–H and O–H groups in total. The van der Waals surface area contributed by atoms with Crippen LogP contribution in [0.1, 0.15) is 33.4 Å². The SMILES string of the molecule is Cc1cc(C)c2c(c1)C1(NCc3ccccc31)OC=C2. The van der Waals surface area contributed by atoms with Crippen LogP contribution < -0.4 is 5.32 Å². The van der Waals surface area contributed by atoms with Gasteiger partial charge in [0, 0.05) is 17.7 Å². The minimum atomic E-state index is -0.516. The zero-order valence-corrected chi connectivity index (χ0v) is 11.7. The van der Waals surface area contributed by atoms with Gasteiger partial charge in [0.05, 0.1) is 6.26 Å². The number of fused-ring (bicyclic) bond motifs is 4. The number of benzene rings is 2. The molecule has 0 radical (unpaired) electrons. The summed E-state index contributed by atoms with van der Waals surface area (Å²) in [7, 11) is 0. The standard InChI is InChI=1S/C18H17NO/c1-12-9-13(2)15-7-8-20-18(17(15)10-12)16-6-4-3-5-14(16)11-19-18/h3-10,19H,11H2,1-2H3. The molecule has 0 aliphatic carbocycles. The van der Waals surface area contributed by atoms with E-state index >= 15 is 0 Å². The van der Waals surface area contributed by atoms with Crippen LogP contribution in [0.25, 0.3) is 6.08 Å². The highest BCUT2D eigenvalue weighted by molar-refractivity contribution is 5.64. The average Bonchev–Trinajstić information content (AvgIpc) is 2.81. The first-order valence-electron chi connectivity index (χ1n) is 7.00. The van der Waals surface area contributed by atoms with Crippen LogP contribution in [0.4, 0.5) is 0 Å². The predicted octanol–water partition coefficient (Wildman–Crippen LogP) is 3.61. The Balaban J connectivity index is 2.02. The summed E-state index contributed by atoms with van der Waals surface area (Å²) in [5.41, 5.74) is 7.09. The van der Waals surface area contributed by atoms with E-state index in [1.54, 1.807) is 0 Å². The second-order valence-electron chi connectivity index (χ2n) is 5.66. The van der Waals surface area contributed by atoms with Crippen molar-refractivity contribution in [1.82, 2.24) is 5.32 Å². The number of hydrogen-bond acceptors (Lipinski definition) is 2. The monoisotopic (exact) mass is 263 g/mol. The van der Waals surface area contributed by atoms with Crippen molar-refractivity contribution in [3.63, 3.8) is 0 Å². The van der Waals surface area contributed by atoms with Gasteiger partial charge in [-0.1, -0.05) is 35.9 Å². The molecule has 2 heterocycles. The molecule has 1 spiro atoms. The van der Waals surface area contributed by atoms with Gasteiger partial charge in [-0.05, 0) is 42.7 Å². The summed E-state index contributed by atoms with van der Waals surface area (Å²) in [4.78, 5) is 0. The molecule has 0 fully saturated rings. The average molecular weight is 263 g/mol. The van der Waals surface area contributed by atoms with Crippen LogP contribution in [0, 0.1) is 13.8 Å². The Morgan fingerprint density at radius 1 is 1.10 bits per heavy atom. The number of ether oxygens (including phenoxy) is 1. The maximum atomic E-state index is 6.10. The molecular weight excluding hydrogens is 246 g/mol. The van der Waals surface area contributed by atoms with Crippen LogP contribution in [0.3, 0.4) is 0 Å². The van der Waals surface area contributed by atoms with Gasteiger partial charge in [-0.15, -0.1) is 0 Å². The van der Waals surface area contributed by atoms with Crippen LogP contribution in [-0.4, -0.2) is 0 Å². The molecule has 2 heteroatoms. The van der Waals surface area contributed by atoms with Gasteiger partial charge in [-0.2, -0.15) is 0 Å². The molecule has 2 aliphatic heterocycles. The number of aryl methyl sites for hydroxylation is 2. The molecule has 2 aromatic rings. The number of rotatable bonds is 0. The third-order valence-corrected chi connectivity index (χ3v) is 4.31. The molecule has 20 heavy (non-hydrogen) atoms. The van der Waals surface area contributed by atoms with Crippen molar-refractivity contribution in [3.05, 3.63) is 76.0 Å². The topological polar surface area (TPSA) is 21.3 Å². The second kappa shape index (κ2) is 3.97. The van der Waals surface area contributed by atoms with Gasteiger partial charge in [0.25, 0.3) is 0 Å². The van der Waals surface area contributed by atoms with Crippen molar-refractivity contribution < 1.29 is 4.74 Å². The molecule has 0 saturated heterocycles.